The first kappa shape index (κ1) is 17.5. The van der Waals surface area contributed by atoms with Gasteiger partial charge in [-0.15, -0.1) is 11.3 Å². The standard InChI is InChI=1S/C18H19ClN4O2S/c1-2-11-14-16(26-15(11)12-5-7-24-9-13(12)20)17(23-18(19)22-14)21-8-10-4-3-6-25-10/h2-4,6,12-13H,1,5,7-9,20H2,(H,21,22,23)/t12-,13-/m0/s1. The van der Waals surface area contributed by atoms with Gasteiger partial charge in [-0.25, -0.2) is 4.98 Å². The number of halogens is 1. The van der Waals surface area contributed by atoms with E-state index < -0.39 is 0 Å². The number of hydrogen-bond acceptors (Lipinski definition) is 7. The Labute approximate surface area is 160 Å². The van der Waals surface area contributed by atoms with Crippen molar-refractivity contribution in [3.8, 4) is 0 Å². The highest BCUT2D eigenvalue weighted by atomic mass is 35.5. The molecule has 8 heteroatoms. The Bertz CT molecular complexity index is 925. The molecule has 0 bridgehead atoms. The lowest BCUT2D eigenvalue weighted by molar-refractivity contribution is 0.0703. The zero-order chi connectivity index (χ0) is 18.1. The molecule has 1 aliphatic heterocycles. The number of fused-ring (bicyclic) bond motifs is 1. The summed E-state index contributed by atoms with van der Waals surface area (Å²) in [7, 11) is 0. The molecule has 0 unspecified atom stereocenters. The first-order valence-corrected chi connectivity index (χ1v) is 9.58. The van der Waals surface area contributed by atoms with Crippen molar-refractivity contribution in [3.63, 3.8) is 0 Å². The SMILES string of the molecule is C=Cc1c([C@H]2CCOC[C@@H]2N)sc2c(NCc3ccco3)nc(Cl)nc12. The number of hydrogen-bond donors (Lipinski definition) is 2. The number of anilines is 1. The molecule has 4 heterocycles. The maximum Gasteiger partial charge on any atom is 0.224 e. The average Bonchev–Trinajstić information content (AvgIpc) is 3.27. The molecule has 26 heavy (non-hydrogen) atoms. The molecule has 0 radical (unpaired) electrons. The first-order valence-electron chi connectivity index (χ1n) is 8.39. The van der Waals surface area contributed by atoms with Gasteiger partial charge in [0.15, 0.2) is 0 Å². The van der Waals surface area contributed by atoms with Crippen molar-refractivity contribution in [3.05, 3.63) is 46.5 Å². The molecule has 3 N–H and O–H groups in total. The highest BCUT2D eigenvalue weighted by Gasteiger charge is 2.29. The normalized spacial score (nSPS) is 20.4. The molecule has 0 saturated carbocycles. The summed E-state index contributed by atoms with van der Waals surface area (Å²) in [4.78, 5) is 10.00. The van der Waals surface area contributed by atoms with Crippen molar-refractivity contribution in [2.24, 2.45) is 5.73 Å². The Morgan fingerprint density at radius 1 is 1.46 bits per heavy atom. The minimum absolute atomic E-state index is 0.0431. The van der Waals surface area contributed by atoms with Gasteiger partial charge in [0.2, 0.25) is 5.28 Å². The fraction of sp³-hybridized carbons (Fsp3) is 0.333. The summed E-state index contributed by atoms with van der Waals surface area (Å²) < 4.78 is 11.8. The molecule has 1 fully saturated rings. The molecule has 0 aliphatic carbocycles. The summed E-state index contributed by atoms with van der Waals surface area (Å²) in [5.41, 5.74) is 8.09. The largest absolute Gasteiger partial charge is 0.467 e. The summed E-state index contributed by atoms with van der Waals surface area (Å²) in [6.07, 6.45) is 4.35. The number of thiophene rings is 1. The Morgan fingerprint density at radius 2 is 2.35 bits per heavy atom. The molecule has 1 aliphatic rings. The lowest BCUT2D eigenvalue weighted by atomic mass is 9.91. The molecule has 1 saturated heterocycles. The number of aromatic nitrogens is 2. The molecule has 3 aromatic rings. The molecule has 3 aromatic heterocycles. The van der Waals surface area contributed by atoms with E-state index in [2.05, 4.69) is 21.9 Å². The molecule has 0 spiro atoms. The van der Waals surface area contributed by atoms with Crippen molar-refractivity contribution in [1.82, 2.24) is 9.97 Å². The predicted molar refractivity (Wildman–Crippen MR) is 105 cm³/mol. The van der Waals surface area contributed by atoms with Crippen LogP contribution in [0.5, 0.6) is 0 Å². The van der Waals surface area contributed by atoms with E-state index in [1.807, 2.05) is 18.2 Å². The zero-order valence-electron chi connectivity index (χ0n) is 14.1. The monoisotopic (exact) mass is 390 g/mol. The maximum absolute atomic E-state index is 6.30. The van der Waals surface area contributed by atoms with Crippen molar-refractivity contribution in [2.75, 3.05) is 18.5 Å². The number of rotatable bonds is 5. The molecule has 136 valence electrons. The van der Waals surface area contributed by atoms with Gasteiger partial charge in [-0.2, -0.15) is 4.98 Å². The number of furan rings is 1. The van der Waals surface area contributed by atoms with Gasteiger partial charge in [-0.3, -0.25) is 0 Å². The molecule has 6 nitrogen and oxygen atoms in total. The van der Waals surface area contributed by atoms with Crippen LogP contribution in [0.15, 0.2) is 29.4 Å². The highest BCUT2D eigenvalue weighted by molar-refractivity contribution is 7.20. The summed E-state index contributed by atoms with van der Waals surface area (Å²) >= 11 is 7.82. The van der Waals surface area contributed by atoms with Crippen LogP contribution in [0.25, 0.3) is 16.3 Å². The van der Waals surface area contributed by atoms with E-state index in [1.165, 1.54) is 4.88 Å². The lowest BCUT2D eigenvalue weighted by Crippen LogP contribution is -2.37. The topological polar surface area (TPSA) is 86.2 Å². The van der Waals surface area contributed by atoms with Gasteiger partial charge in [0.05, 0.1) is 29.6 Å². The average molecular weight is 391 g/mol. The molecule has 0 aromatic carbocycles. The van der Waals surface area contributed by atoms with Crippen LogP contribution in [0.1, 0.15) is 28.5 Å². The highest BCUT2D eigenvalue weighted by Crippen LogP contribution is 2.42. The van der Waals surface area contributed by atoms with Crippen molar-refractivity contribution < 1.29 is 9.15 Å². The third-order valence-corrected chi connectivity index (χ3v) is 6.02. The summed E-state index contributed by atoms with van der Waals surface area (Å²) in [6, 6.07) is 3.72. The minimum Gasteiger partial charge on any atom is -0.467 e. The molecule has 4 rings (SSSR count). The summed E-state index contributed by atoms with van der Waals surface area (Å²) in [5.74, 6) is 1.73. The van der Waals surface area contributed by atoms with Crippen LogP contribution in [0.4, 0.5) is 5.82 Å². The van der Waals surface area contributed by atoms with Gasteiger partial charge >= 0.3 is 0 Å². The van der Waals surface area contributed by atoms with E-state index in [0.717, 1.165) is 28.0 Å². The second-order valence-electron chi connectivity index (χ2n) is 6.17. The van der Waals surface area contributed by atoms with Gasteiger partial charge < -0.3 is 20.2 Å². The molecule has 0 amide bonds. The Kier molecular flexibility index (Phi) is 4.95. The van der Waals surface area contributed by atoms with Gasteiger partial charge in [0, 0.05) is 29.0 Å². The van der Waals surface area contributed by atoms with Crippen LogP contribution in [-0.2, 0) is 11.3 Å². The Hall–Kier alpha value is -1.93. The van der Waals surface area contributed by atoms with E-state index in [4.69, 9.17) is 26.5 Å². The van der Waals surface area contributed by atoms with Gasteiger partial charge in [-0.05, 0) is 30.2 Å². The Balaban J connectivity index is 1.77. The molecule has 2 atom stereocenters. The number of ether oxygens (including phenoxy) is 1. The third-order valence-electron chi connectivity index (χ3n) is 4.52. The second-order valence-corrected chi connectivity index (χ2v) is 7.56. The number of nitrogens with zero attached hydrogens (tertiary/aromatic N) is 2. The van der Waals surface area contributed by atoms with Crippen LogP contribution in [-0.4, -0.2) is 29.2 Å². The van der Waals surface area contributed by atoms with Crippen LogP contribution < -0.4 is 11.1 Å². The lowest BCUT2D eigenvalue weighted by Gasteiger charge is -2.28. The van der Waals surface area contributed by atoms with Crippen molar-refractivity contribution in [1.29, 1.82) is 0 Å². The maximum atomic E-state index is 6.30. The first-order chi connectivity index (χ1) is 12.7. The van der Waals surface area contributed by atoms with Crippen LogP contribution in [0, 0.1) is 0 Å². The second kappa shape index (κ2) is 7.36. The van der Waals surface area contributed by atoms with E-state index in [1.54, 1.807) is 17.6 Å². The smallest absolute Gasteiger partial charge is 0.224 e. The van der Waals surface area contributed by atoms with E-state index in [-0.39, 0.29) is 17.2 Å². The number of nitrogens with one attached hydrogen (secondary N) is 1. The van der Waals surface area contributed by atoms with E-state index in [0.29, 0.717) is 25.6 Å². The van der Waals surface area contributed by atoms with Crippen molar-refractivity contribution >= 4 is 45.0 Å². The molecular weight excluding hydrogens is 372 g/mol. The van der Waals surface area contributed by atoms with Gasteiger partial charge in [0.25, 0.3) is 0 Å². The minimum atomic E-state index is -0.0431. The fourth-order valence-corrected chi connectivity index (χ4v) is 4.84. The van der Waals surface area contributed by atoms with Crippen molar-refractivity contribution in [2.45, 2.75) is 24.9 Å². The van der Waals surface area contributed by atoms with Crippen LogP contribution >= 0.6 is 22.9 Å². The van der Waals surface area contributed by atoms with Crippen LogP contribution in [0.3, 0.4) is 0 Å². The fourth-order valence-electron chi connectivity index (χ4n) is 3.25. The van der Waals surface area contributed by atoms with Gasteiger partial charge in [0.1, 0.15) is 11.6 Å². The van der Waals surface area contributed by atoms with Gasteiger partial charge in [-0.1, -0.05) is 12.7 Å². The van der Waals surface area contributed by atoms with Crippen LogP contribution in [0.2, 0.25) is 5.28 Å². The summed E-state index contributed by atoms with van der Waals surface area (Å²) in [5, 5.41) is 3.50. The third kappa shape index (κ3) is 3.23. The number of nitrogens with two attached hydrogens (primary N) is 1. The zero-order valence-corrected chi connectivity index (χ0v) is 15.6. The quantitative estimate of drug-likeness (QED) is 0.640. The van der Waals surface area contributed by atoms with E-state index >= 15 is 0 Å². The summed E-state index contributed by atoms with van der Waals surface area (Å²) in [6.45, 7) is 5.76. The van der Waals surface area contributed by atoms with E-state index in [9.17, 15) is 0 Å². The Morgan fingerprint density at radius 3 is 3.08 bits per heavy atom. The molecular formula is C18H19ClN4O2S. The predicted octanol–water partition coefficient (Wildman–Crippen LogP) is 4.02.